The van der Waals surface area contributed by atoms with Crippen LogP contribution in [0.4, 0.5) is 0 Å². The normalized spacial score (nSPS) is 19.0. The van der Waals surface area contributed by atoms with Gasteiger partial charge < -0.3 is 25.8 Å². The first kappa shape index (κ1) is 20.3. The number of hydrogen-bond acceptors (Lipinski definition) is 4. The van der Waals surface area contributed by atoms with E-state index in [1.165, 1.54) is 54.9 Å². The number of aromatic amines is 1. The summed E-state index contributed by atoms with van der Waals surface area (Å²) in [6.45, 7) is 13.4. The van der Waals surface area contributed by atoms with Crippen molar-refractivity contribution in [3.8, 4) is 0 Å². The molecule has 0 bridgehead atoms. The van der Waals surface area contributed by atoms with E-state index in [0.29, 0.717) is 12.1 Å². The van der Waals surface area contributed by atoms with E-state index < -0.39 is 0 Å². The number of aryl methyl sites for hydroxylation is 1. The van der Waals surface area contributed by atoms with Crippen LogP contribution in [0.1, 0.15) is 36.9 Å². The number of hydrogen-bond donors (Lipinski definition) is 3. The van der Waals surface area contributed by atoms with Gasteiger partial charge in [-0.25, -0.2) is 0 Å². The number of H-pyrrole nitrogens is 1. The van der Waals surface area contributed by atoms with Crippen molar-refractivity contribution in [2.75, 3.05) is 20.1 Å². The Bertz CT molecular complexity index is 804. The van der Waals surface area contributed by atoms with E-state index in [-0.39, 0.29) is 0 Å². The Kier molecular flexibility index (Phi) is 6.68. The first-order valence-electron chi connectivity index (χ1n) is 10.4. The number of fused-ring (bicyclic) bond motifs is 1. The van der Waals surface area contributed by atoms with Crippen LogP contribution in [0.15, 0.2) is 49.4 Å². The molecule has 5 heteroatoms. The van der Waals surface area contributed by atoms with Crippen LogP contribution >= 0.6 is 0 Å². The van der Waals surface area contributed by atoms with Gasteiger partial charge in [0.1, 0.15) is 0 Å². The summed E-state index contributed by atoms with van der Waals surface area (Å²) in [6.07, 6.45) is 7.04. The van der Waals surface area contributed by atoms with Crippen LogP contribution in [0.5, 0.6) is 0 Å². The van der Waals surface area contributed by atoms with Crippen molar-refractivity contribution < 1.29 is 0 Å². The third-order valence-corrected chi connectivity index (χ3v) is 5.65. The van der Waals surface area contributed by atoms with Crippen LogP contribution in [0.25, 0.3) is 10.9 Å². The average Bonchev–Trinajstić information content (AvgIpc) is 3.46. The summed E-state index contributed by atoms with van der Waals surface area (Å²) in [5.41, 5.74) is 8.20. The fraction of sp³-hybridized carbons (Fsp3) is 0.478. The van der Waals surface area contributed by atoms with Crippen molar-refractivity contribution in [3.05, 3.63) is 60.7 Å². The molecule has 1 aliphatic carbocycles. The summed E-state index contributed by atoms with van der Waals surface area (Å²) in [7, 11) is 1.50. The molecular formula is C23H35N5. The van der Waals surface area contributed by atoms with Crippen molar-refractivity contribution in [1.29, 1.82) is 0 Å². The highest BCUT2D eigenvalue weighted by Gasteiger charge is 2.36. The van der Waals surface area contributed by atoms with E-state index in [1.807, 2.05) is 6.20 Å². The first-order chi connectivity index (χ1) is 13.6. The molecule has 1 aromatic heterocycles. The molecule has 152 valence electrons. The molecule has 2 fully saturated rings. The van der Waals surface area contributed by atoms with Crippen molar-refractivity contribution in [2.45, 2.75) is 51.2 Å². The quantitative estimate of drug-likeness (QED) is 0.685. The average molecular weight is 382 g/mol. The number of nitrogens with one attached hydrogen (secondary N) is 2. The Morgan fingerprint density at radius 3 is 2.79 bits per heavy atom. The Morgan fingerprint density at radius 1 is 1.29 bits per heavy atom. The molecule has 2 aliphatic rings. The van der Waals surface area contributed by atoms with E-state index in [0.717, 1.165) is 25.5 Å². The van der Waals surface area contributed by atoms with Crippen LogP contribution in [0.2, 0.25) is 0 Å². The number of benzene rings is 1. The Morgan fingerprint density at radius 2 is 2.07 bits per heavy atom. The smallest absolute Gasteiger partial charge is 0.0947 e. The molecule has 0 spiro atoms. The lowest BCUT2D eigenvalue weighted by molar-refractivity contribution is 0.139. The maximum absolute atomic E-state index is 4.50. The molecule has 1 saturated carbocycles. The Balaban J connectivity index is 0.00000109. The number of piperidine rings is 1. The maximum Gasteiger partial charge on any atom is 0.0947 e. The van der Waals surface area contributed by atoms with E-state index in [2.05, 4.69) is 70.2 Å². The summed E-state index contributed by atoms with van der Waals surface area (Å²) in [5.74, 6) is 1.07. The van der Waals surface area contributed by atoms with Gasteiger partial charge in [0.15, 0.2) is 0 Å². The zero-order chi connectivity index (χ0) is 20.1. The van der Waals surface area contributed by atoms with Gasteiger partial charge in [-0.05, 0) is 69.4 Å². The van der Waals surface area contributed by atoms with Crippen molar-refractivity contribution >= 4 is 10.9 Å². The lowest BCUT2D eigenvalue weighted by Crippen LogP contribution is -2.48. The van der Waals surface area contributed by atoms with E-state index >= 15 is 0 Å². The van der Waals surface area contributed by atoms with Crippen LogP contribution in [0.3, 0.4) is 0 Å². The predicted molar refractivity (Wildman–Crippen MR) is 119 cm³/mol. The van der Waals surface area contributed by atoms with Crippen LogP contribution in [0, 0.1) is 6.92 Å². The summed E-state index contributed by atoms with van der Waals surface area (Å²) >= 11 is 0. The highest BCUT2D eigenvalue weighted by atomic mass is 15.3. The third kappa shape index (κ3) is 4.71. The van der Waals surface area contributed by atoms with Crippen LogP contribution in [-0.4, -0.2) is 47.0 Å². The predicted octanol–water partition coefficient (Wildman–Crippen LogP) is 3.68. The second kappa shape index (κ2) is 9.20. The molecule has 4 rings (SSSR count). The number of likely N-dealkylation sites (tertiary alicyclic amines) is 1. The van der Waals surface area contributed by atoms with Gasteiger partial charge in [0.05, 0.1) is 12.4 Å². The fourth-order valence-corrected chi connectivity index (χ4v) is 4.16. The van der Waals surface area contributed by atoms with Gasteiger partial charge >= 0.3 is 0 Å². The van der Waals surface area contributed by atoms with E-state index in [9.17, 15) is 0 Å². The number of nitrogens with zero attached hydrogens (tertiary/aromatic N) is 2. The van der Waals surface area contributed by atoms with Crippen LogP contribution < -0.4 is 11.1 Å². The Hall–Kier alpha value is -2.40. The molecule has 1 atom stereocenters. The minimum atomic E-state index is 0.541. The molecule has 1 unspecified atom stereocenters. The monoisotopic (exact) mass is 381 g/mol. The van der Waals surface area contributed by atoms with Gasteiger partial charge in [-0.15, -0.1) is 0 Å². The lowest BCUT2D eigenvalue weighted by atomic mass is 10.0. The van der Waals surface area contributed by atoms with Gasteiger partial charge in [0, 0.05) is 36.4 Å². The van der Waals surface area contributed by atoms with Gasteiger partial charge in [0.25, 0.3) is 0 Å². The minimum absolute atomic E-state index is 0.541. The third-order valence-electron chi connectivity index (χ3n) is 5.65. The molecule has 1 aromatic carbocycles. The molecule has 0 amide bonds. The van der Waals surface area contributed by atoms with Gasteiger partial charge in [0.2, 0.25) is 0 Å². The van der Waals surface area contributed by atoms with E-state index in [1.54, 1.807) is 0 Å². The summed E-state index contributed by atoms with van der Waals surface area (Å²) in [6, 6.07) is 9.98. The molecule has 4 N–H and O–H groups in total. The fourth-order valence-electron chi connectivity index (χ4n) is 4.16. The zero-order valence-corrected chi connectivity index (χ0v) is 17.4. The van der Waals surface area contributed by atoms with Crippen molar-refractivity contribution in [2.24, 2.45) is 5.73 Å². The van der Waals surface area contributed by atoms with Crippen molar-refractivity contribution in [1.82, 2.24) is 20.1 Å². The first-order valence-corrected chi connectivity index (χ1v) is 10.4. The standard InChI is InChI=1S/C22H30N4.CH5N/c1-4-25-11-5-6-21(15-25)26(20-8-9-20)17(3)23-14-19-13-18-12-16(2)7-10-22(18)24-19;1-2/h4,7,10,12-13,20-21,23-24H,1,3,5-6,8-9,11,14-15H2,2H3;2H2,1H3. The number of nitrogens with two attached hydrogens (primary N) is 1. The number of aromatic nitrogens is 1. The van der Waals surface area contributed by atoms with E-state index in [4.69, 9.17) is 0 Å². The number of rotatable bonds is 7. The summed E-state index contributed by atoms with van der Waals surface area (Å²) in [5, 5.41) is 4.86. The zero-order valence-electron chi connectivity index (χ0n) is 17.4. The minimum Gasteiger partial charge on any atom is -0.376 e. The van der Waals surface area contributed by atoms with Gasteiger partial charge in [-0.2, -0.15) is 0 Å². The molecule has 28 heavy (non-hydrogen) atoms. The second-order valence-corrected chi connectivity index (χ2v) is 7.80. The summed E-state index contributed by atoms with van der Waals surface area (Å²) in [4.78, 5) is 8.40. The molecule has 2 heterocycles. The molecule has 5 nitrogen and oxygen atoms in total. The lowest BCUT2D eigenvalue weighted by Gasteiger charge is -2.41. The topological polar surface area (TPSA) is 60.3 Å². The Labute approximate surface area is 169 Å². The highest BCUT2D eigenvalue weighted by Crippen LogP contribution is 2.33. The molecule has 1 aliphatic heterocycles. The van der Waals surface area contributed by atoms with Gasteiger partial charge in [-0.1, -0.05) is 24.8 Å². The molecule has 1 saturated heterocycles. The van der Waals surface area contributed by atoms with Gasteiger partial charge in [-0.3, -0.25) is 0 Å². The second-order valence-electron chi connectivity index (χ2n) is 7.80. The maximum atomic E-state index is 4.50. The SMILES string of the molecule is C=CN1CCCC(N(C(=C)NCc2cc3cc(C)ccc3[nH]2)C2CC2)C1.CN. The summed E-state index contributed by atoms with van der Waals surface area (Å²) < 4.78 is 0. The van der Waals surface area contributed by atoms with Crippen molar-refractivity contribution in [3.63, 3.8) is 0 Å². The van der Waals surface area contributed by atoms with Crippen LogP contribution in [-0.2, 0) is 6.54 Å². The molecule has 0 radical (unpaired) electrons. The molecule has 2 aromatic rings. The molecular weight excluding hydrogens is 346 g/mol. The largest absolute Gasteiger partial charge is 0.376 e. The highest BCUT2D eigenvalue weighted by molar-refractivity contribution is 5.81.